The van der Waals surface area contributed by atoms with Crippen LogP contribution in [0.1, 0.15) is 11.1 Å². The average Bonchev–Trinajstić information content (AvgIpc) is 2.30. The second-order valence-electron chi connectivity index (χ2n) is 3.15. The zero-order chi connectivity index (χ0) is 9.80. The number of hydrogen-bond donors (Lipinski definition) is 0. The maximum atomic E-state index is 2.80. The van der Waals surface area contributed by atoms with Crippen LogP contribution in [0.25, 0.3) is 0 Å². The maximum Gasteiger partial charge on any atom is 2.00 e. The largest absolute Gasteiger partial charge is 2.00 e. The van der Waals surface area contributed by atoms with E-state index in [1.807, 2.05) is 12.1 Å². The summed E-state index contributed by atoms with van der Waals surface area (Å²) in [5.41, 5.74) is 3.75. The van der Waals surface area contributed by atoms with Crippen molar-refractivity contribution in [2.75, 3.05) is 0 Å². The molecule has 0 fully saturated rings. The van der Waals surface area contributed by atoms with E-state index in [1.165, 1.54) is 16.8 Å². The van der Waals surface area contributed by atoms with Crippen molar-refractivity contribution in [1.82, 2.24) is 0 Å². The molecule has 0 aliphatic heterocycles. The Morgan fingerprint density at radius 3 is 1.31 bits per heavy atom. The Balaban J connectivity index is 0.00000112. The summed E-state index contributed by atoms with van der Waals surface area (Å²) in [4.78, 5) is 0. The minimum atomic E-state index is 0. The zero-order valence-electron chi connectivity index (χ0n) is 8.94. The van der Waals surface area contributed by atoms with E-state index in [-0.39, 0.29) is 31.9 Å². The summed E-state index contributed by atoms with van der Waals surface area (Å²) < 4.78 is 0. The third-order valence-electron chi connectivity index (χ3n) is 2.17. The first kappa shape index (κ1) is 15.7. The van der Waals surface area contributed by atoms with Crippen molar-refractivity contribution < 1.29 is 31.9 Å². The van der Waals surface area contributed by atoms with Crippen LogP contribution in [0.15, 0.2) is 60.7 Å². The molecule has 0 saturated heterocycles. The molecular weight excluding hydrogens is 288 g/mol. The number of hydrogen-bond acceptors (Lipinski definition) is 0. The van der Waals surface area contributed by atoms with Crippen LogP contribution in [0.2, 0.25) is 0 Å². The molecule has 2 rings (SSSR count). The van der Waals surface area contributed by atoms with Crippen molar-refractivity contribution in [3.63, 3.8) is 0 Å². The second-order valence-corrected chi connectivity index (χ2v) is 3.72. The molecule has 0 bridgehead atoms. The molecule has 3 heteroatoms. The van der Waals surface area contributed by atoms with Gasteiger partial charge in [-0.05, 0) is 0 Å². The van der Waals surface area contributed by atoms with E-state index >= 15 is 0 Å². The molecule has 16 heavy (non-hydrogen) atoms. The average molecular weight is 300 g/mol. The molecule has 1 atom stereocenters. The summed E-state index contributed by atoms with van der Waals surface area (Å²) in [6, 6.07) is 20.8. The quantitative estimate of drug-likeness (QED) is 0.430. The van der Waals surface area contributed by atoms with Crippen LogP contribution in [0.4, 0.5) is 0 Å². The predicted octanol–water partition coefficient (Wildman–Crippen LogP) is 0.492. The third kappa shape index (κ3) is 3.91. The fraction of sp³-hybridized carbons (Fsp3) is 0. The van der Waals surface area contributed by atoms with Gasteiger partial charge in [0.1, 0.15) is 0 Å². The van der Waals surface area contributed by atoms with E-state index in [2.05, 4.69) is 57.8 Å². The normalized spacial score (nSPS) is 8.56. The summed E-state index contributed by atoms with van der Waals surface area (Å²) in [5.74, 6) is 0. The topological polar surface area (TPSA) is 0 Å². The van der Waals surface area contributed by atoms with Gasteiger partial charge in [-0.15, -0.1) is 44.6 Å². The fourth-order valence-electron chi connectivity index (χ4n) is 1.40. The smallest absolute Gasteiger partial charge is 1.00 e. The number of halogens is 1. The van der Waals surface area contributed by atoms with Gasteiger partial charge in [0.2, 0.25) is 0 Å². The van der Waals surface area contributed by atoms with E-state index in [0.29, 0.717) is 0 Å². The monoisotopic (exact) mass is 298 g/mol. The van der Waals surface area contributed by atoms with E-state index in [9.17, 15) is 0 Å². The predicted molar refractivity (Wildman–Crippen MR) is 64.0 cm³/mol. The Labute approximate surface area is 118 Å². The molecule has 2 aromatic carbocycles. The molecule has 0 aliphatic rings. The maximum absolute atomic E-state index is 2.80. The first-order chi connectivity index (χ1) is 6.88. The van der Waals surface area contributed by atoms with Gasteiger partial charge in [-0.25, -0.2) is 0 Å². The van der Waals surface area contributed by atoms with Gasteiger partial charge in [0, 0.05) is 0 Å². The molecule has 0 amide bonds. The molecule has 0 heterocycles. The Bertz CT molecular complexity index is 352. The molecule has 0 saturated carbocycles. The van der Waals surface area contributed by atoms with Crippen LogP contribution in [-0.2, 0) is 19.5 Å². The van der Waals surface area contributed by atoms with Crippen LogP contribution in [0, 0.1) is 5.66 Å². The Morgan fingerprint density at radius 1 is 0.688 bits per heavy atom. The van der Waals surface area contributed by atoms with Gasteiger partial charge in [0.25, 0.3) is 0 Å². The first-order valence-corrected chi connectivity index (χ1v) is 5.19. The molecule has 2 aromatic rings. The summed E-state index contributed by atoms with van der Waals surface area (Å²) in [5, 5.41) is 0. The SMILES string of the molecule is P[C-](c1ccccc1)c1ccccc1.[Cl-].[Zn+2]. The summed E-state index contributed by atoms with van der Waals surface area (Å²) in [6.45, 7) is 0. The van der Waals surface area contributed by atoms with Crippen LogP contribution in [0.5, 0.6) is 0 Å². The first-order valence-electron chi connectivity index (χ1n) is 4.61. The molecule has 0 N–H and O–H groups in total. The van der Waals surface area contributed by atoms with Gasteiger partial charge in [-0.2, -0.15) is 0 Å². The van der Waals surface area contributed by atoms with Crippen molar-refractivity contribution in [2.24, 2.45) is 0 Å². The molecule has 78 valence electrons. The van der Waals surface area contributed by atoms with Gasteiger partial charge in [0.05, 0.1) is 0 Å². The summed E-state index contributed by atoms with van der Waals surface area (Å²) in [7, 11) is 2.80. The molecular formula is C13H12ClPZn. The summed E-state index contributed by atoms with van der Waals surface area (Å²) in [6.07, 6.45) is 0. The minimum absolute atomic E-state index is 0. The van der Waals surface area contributed by atoms with Gasteiger partial charge in [-0.3, -0.25) is 0 Å². The van der Waals surface area contributed by atoms with Gasteiger partial charge in [-0.1, -0.05) is 42.1 Å². The standard InChI is InChI=1S/C13H12P.ClH.Zn/c14-13(11-7-3-1-4-8-11)12-9-5-2-6-10-12;;/h1-10H,14H2;1H;/q-1;;+2/p-1. The van der Waals surface area contributed by atoms with Crippen molar-refractivity contribution in [1.29, 1.82) is 0 Å². The molecule has 0 radical (unpaired) electrons. The number of benzene rings is 2. The van der Waals surface area contributed by atoms with Crippen LogP contribution in [-0.4, -0.2) is 0 Å². The fourth-order valence-corrected chi connectivity index (χ4v) is 1.79. The van der Waals surface area contributed by atoms with Crippen molar-refractivity contribution in [2.45, 2.75) is 0 Å². The Hall–Kier alpha value is -0.347. The van der Waals surface area contributed by atoms with E-state index in [0.717, 1.165) is 0 Å². The van der Waals surface area contributed by atoms with Crippen LogP contribution >= 0.6 is 9.24 Å². The summed E-state index contributed by atoms with van der Waals surface area (Å²) >= 11 is 0. The van der Waals surface area contributed by atoms with E-state index in [4.69, 9.17) is 0 Å². The van der Waals surface area contributed by atoms with E-state index in [1.54, 1.807) is 0 Å². The van der Waals surface area contributed by atoms with E-state index < -0.39 is 0 Å². The minimum Gasteiger partial charge on any atom is -1.00 e. The van der Waals surface area contributed by atoms with Crippen molar-refractivity contribution >= 4 is 9.24 Å². The van der Waals surface area contributed by atoms with Crippen LogP contribution < -0.4 is 12.4 Å². The van der Waals surface area contributed by atoms with Gasteiger partial charge < -0.3 is 12.4 Å². The molecule has 0 aromatic heterocycles. The molecule has 0 nitrogen and oxygen atoms in total. The van der Waals surface area contributed by atoms with Crippen LogP contribution in [0.3, 0.4) is 0 Å². The van der Waals surface area contributed by atoms with Crippen molar-refractivity contribution in [3.8, 4) is 0 Å². The Kier molecular flexibility index (Phi) is 7.68. The number of rotatable bonds is 2. The second kappa shape index (κ2) is 7.85. The van der Waals surface area contributed by atoms with Gasteiger partial charge in [0.15, 0.2) is 0 Å². The Morgan fingerprint density at radius 2 is 1.00 bits per heavy atom. The molecule has 1 unspecified atom stereocenters. The zero-order valence-corrected chi connectivity index (χ0v) is 13.8. The molecule has 0 spiro atoms. The van der Waals surface area contributed by atoms with Crippen molar-refractivity contribution in [3.05, 3.63) is 77.4 Å². The third-order valence-corrected chi connectivity index (χ3v) is 2.84. The van der Waals surface area contributed by atoms with Gasteiger partial charge >= 0.3 is 19.5 Å². The molecule has 0 aliphatic carbocycles.